The number of nitrogens with one attached hydrogen (secondary N) is 10. The summed E-state index contributed by atoms with van der Waals surface area (Å²) in [5, 5.41) is 37.8. The minimum atomic E-state index is -4.57. The van der Waals surface area contributed by atoms with Gasteiger partial charge in [-0.15, -0.1) is 11.8 Å². The van der Waals surface area contributed by atoms with Crippen LogP contribution in [0.4, 0.5) is 0 Å². The van der Waals surface area contributed by atoms with Crippen LogP contribution in [0.5, 0.6) is 5.75 Å². The van der Waals surface area contributed by atoms with Gasteiger partial charge in [0.15, 0.2) is 0 Å². The summed E-state index contributed by atoms with van der Waals surface area (Å²) in [5.41, 5.74) is 10.8. The van der Waals surface area contributed by atoms with Crippen LogP contribution >= 0.6 is 19.4 Å². The Kier molecular flexibility index (Phi) is 26.4. The van der Waals surface area contributed by atoms with E-state index < -0.39 is 163 Å². The van der Waals surface area contributed by atoms with Gasteiger partial charge in [-0.25, -0.2) is 0 Å². The molecule has 12 amide bonds. The molecule has 2 fully saturated rings. The zero-order valence-corrected chi connectivity index (χ0v) is 54.0. The molecule has 30 heteroatoms. The standard InChI is InChI=1S/C63H83N12O16PS/c1-34(2)25-44-58(84)74-53(41-19-13-38(14-20-41)31-92(89,90)91)61(87)75-63(23-9-6-10-24-63)62(88)72-47(29-49(64)77)59(85)73-52(35(3)4)60(86)66-30-50(78)68-45(28-39-15-18-40-11-7-8-12-42(40)26-39)56(82)70-46(27-37-16-21-43(76)22-17-37)57(83)71-48(54(65)80)32-93-33-51(79)67-36(5)55(81)69-44/h7-8,11-22,26,34-36,44-48,52-53,76H,6,9-10,23-25,27-33H2,1-5H3,(H2,64,77)(H2,65,80)(H,66,86)(H,67,79)(H,68,78)(H,69,81)(H,70,82)(H,71,83)(H,72,88)(H,73,85)(H,74,84)(H,75,87)(H2,89,90,91)/t36-,44-,45-,46-,47-,48+,52-,53-/m0/s1. The normalized spacial score (nSPS) is 23.6. The predicted molar refractivity (Wildman–Crippen MR) is 343 cm³/mol. The lowest BCUT2D eigenvalue weighted by molar-refractivity contribution is -0.140. The second-order valence-corrected chi connectivity index (χ2v) is 26.9. The summed E-state index contributed by atoms with van der Waals surface area (Å²) in [6.45, 7) is 7.19. The van der Waals surface area contributed by atoms with Crippen LogP contribution in [0.2, 0.25) is 0 Å². The van der Waals surface area contributed by atoms with Crippen LogP contribution in [0.3, 0.4) is 0 Å². The number of primary amides is 2. The number of aromatic hydroxyl groups is 1. The highest BCUT2D eigenvalue weighted by atomic mass is 32.2. The number of nitrogens with two attached hydrogens (primary N) is 2. The molecule has 502 valence electrons. The van der Waals surface area contributed by atoms with Crippen LogP contribution in [0, 0.1) is 11.8 Å². The maximum atomic E-state index is 14.9. The average molecular weight is 1330 g/mol. The molecule has 8 atom stereocenters. The van der Waals surface area contributed by atoms with E-state index in [1.807, 2.05) is 30.3 Å². The SMILES string of the molecule is CC(C)C[C@@H]1NC(=O)[C@H](C)NC(=O)CSC[C@H](C(N)=O)NC(=O)[C@H](Cc2ccc(O)cc2)NC(=O)[C@H](Cc2ccc3ccccc3c2)NC(=O)CNC(=O)[C@H](C(C)C)NC(=O)[C@H](CC(N)=O)NC(=O)C2(CCCCC2)NC(=O)[C@H](c2ccc(CP(=O)(O)O)cc2)NC1=O. The van der Waals surface area contributed by atoms with Crippen molar-refractivity contribution in [3.05, 3.63) is 113 Å². The monoisotopic (exact) mass is 1330 g/mol. The fraction of sp³-hybridized carbons (Fsp3) is 0.460. The van der Waals surface area contributed by atoms with Gasteiger partial charge in [-0.2, -0.15) is 0 Å². The van der Waals surface area contributed by atoms with Crippen molar-refractivity contribution in [3.63, 3.8) is 0 Å². The van der Waals surface area contributed by atoms with Crippen LogP contribution in [-0.4, -0.2) is 152 Å². The van der Waals surface area contributed by atoms with Crippen molar-refractivity contribution in [2.24, 2.45) is 23.3 Å². The van der Waals surface area contributed by atoms with E-state index in [2.05, 4.69) is 53.2 Å². The Morgan fingerprint density at radius 2 is 1.19 bits per heavy atom. The second kappa shape index (κ2) is 33.6. The second-order valence-electron chi connectivity index (χ2n) is 24.2. The van der Waals surface area contributed by atoms with Crippen molar-refractivity contribution in [1.82, 2.24) is 53.2 Å². The minimum absolute atomic E-state index is 0.0146. The number of hydrogen-bond acceptors (Lipinski definition) is 15. The quantitative estimate of drug-likeness (QED) is 0.0785. The summed E-state index contributed by atoms with van der Waals surface area (Å²) >= 11 is 0.852. The van der Waals surface area contributed by atoms with Crippen molar-refractivity contribution in [1.29, 1.82) is 0 Å². The number of carbonyl (C=O) groups is 12. The average Bonchev–Trinajstić information content (AvgIpc) is 0.831. The molecular formula is C63H83N12O16PS. The molecule has 1 heterocycles. The highest BCUT2D eigenvalue weighted by Crippen LogP contribution is 2.39. The van der Waals surface area contributed by atoms with Gasteiger partial charge >= 0.3 is 7.60 Å². The van der Waals surface area contributed by atoms with Crippen molar-refractivity contribution >= 4 is 101 Å². The Balaban J connectivity index is 1.37. The molecule has 1 spiro atoms. The van der Waals surface area contributed by atoms with Crippen molar-refractivity contribution in [2.45, 2.75) is 152 Å². The maximum absolute atomic E-state index is 14.9. The first-order valence-corrected chi connectivity index (χ1v) is 33.4. The highest BCUT2D eigenvalue weighted by Gasteiger charge is 2.45. The van der Waals surface area contributed by atoms with Gasteiger partial charge in [0.05, 0.1) is 24.9 Å². The molecule has 6 rings (SSSR count). The number of amides is 12. The summed E-state index contributed by atoms with van der Waals surface area (Å²) in [4.78, 5) is 188. The van der Waals surface area contributed by atoms with Crippen LogP contribution in [0.15, 0.2) is 91.0 Å². The lowest BCUT2D eigenvalue weighted by Gasteiger charge is -2.39. The minimum Gasteiger partial charge on any atom is -0.508 e. The Morgan fingerprint density at radius 3 is 1.82 bits per heavy atom. The van der Waals surface area contributed by atoms with Crippen LogP contribution < -0.4 is 64.6 Å². The van der Waals surface area contributed by atoms with Gasteiger partial charge in [0.1, 0.15) is 59.6 Å². The number of hydrogen-bond donors (Lipinski definition) is 15. The zero-order valence-electron chi connectivity index (χ0n) is 52.3. The van der Waals surface area contributed by atoms with Gasteiger partial charge < -0.3 is 79.5 Å². The molecule has 93 heavy (non-hydrogen) atoms. The Labute approximate surface area is 541 Å². The topological polar surface area (TPSA) is 455 Å². The van der Waals surface area contributed by atoms with Crippen molar-refractivity contribution in [2.75, 3.05) is 18.1 Å². The first-order valence-electron chi connectivity index (χ1n) is 30.4. The molecule has 0 radical (unpaired) electrons. The molecule has 1 aliphatic carbocycles. The third-order valence-electron chi connectivity index (χ3n) is 15.7. The van der Waals surface area contributed by atoms with Gasteiger partial charge in [-0.1, -0.05) is 126 Å². The Bertz CT molecular complexity index is 3450. The number of fused-ring (bicyclic) bond motifs is 1. The number of carbonyl (C=O) groups excluding carboxylic acids is 12. The van der Waals surface area contributed by atoms with E-state index in [1.165, 1.54) is 55.5 Å². The molecule has 0 bridgehead atoms. The smallest absolute Gasteiger partial charge is 0.329 e. The van der Waals surface area contributed by atoms with Gasteiger partial charge in [0.2, 0.25) is 70.9 Å². The molecule has 0 unspecified atom stereocenters. The van der Waals surface area contributed by atoms with Gasteiger partial charge in [0.25, 0.3) is 0 Å². The maximum Gasteiger partial charge on any atom is 0.329 e. The molecule has 0 aromatic heterocycles. The number of phenolic OH excluding ortho intramolecular Hbond substituents is 1. The number of thioether (sulfide) groups is 1. The lowest BCUT2D eigenvalue weighted by atomic mass is 9.80. The predicted octanol–water partition coefficient (Wildman–Crippen LogP) is 0.0242. The molecule has 1 saturated heterocycles. The number of phenols is 1. The molecule has 1 aliphatic heterocycles. The third-order valence-corrected chi connectivity index (χ3v) is 17.5. The van der Waals surface area contributed by atoms with Gasteiger partial charge in [-0.3, -0.25) is 62.1 Å². The summed E-state index contributed by atoms with van der Waals surface area (Å²) in [6, 6.07) is 11.8. The van der Waals surface area contributed by atoms with E-state index >= 15 is 0 Å². The lowest BCUT2D eigenvalue weighted by Crippen LogP contribution is -2.65. The highest BCUT2D eigenvalue weighted by molar-refractivity contribution is 8.00. The molecule has 28 nitrogen and oxygen atoms in total. The third kappa shape index (κ3) is 22.4. The van der Waals surface area contributed by atoms with E-state index in [0.29, 0.717) is 30.4 Å². The van der Waals surface area contributed by atoms with Gasteiger partial charge in [0, 0.05) is 18.6 Å². The molecule has 1 saturated carbocycles. The molecule has 4 aromatic rings. The van der Waals surface area contributed by atoms with Crippen LogP contribution in [-0.2, 0) is 81.1 Å². The molecular weight excluding hydrogens is 1240 g/mol. The van der Waals surface area contributed by atoms with E-state index in [4.69, 9.17) is 11.5 Å². The number of benzene rings is 4. The Hall–Kier alpha value is -8.92. The first-order chi connectivity index (χ1) is 43.9. The van der Waals surface area contributed by atoms with E-state index in [-0.39, 0.29) is 60.7 Å². The fourth-order valence-electron chi connectivity index (χ4n) is 10.7. The van der Waals surface area contributed by atoms with E-state index in [9.17, 15) is 77.0 Å². The largest absolute Gasteiger partial charge is 0.508 e. The summed E-state index contributed by atoms with van der Waals surface area (Å²) in [5.74, 6) is -12.9. The van der Waals surface area contributed by atoms with Crippen molar-refractivity contribution < 1.29 is 77.0 Å². The molecule has 2 aliphatic rings. The zero-order chi connectivity index (χ0) is 68.3. The van der Waals surface area contributed by atoms with Crippen LogP contribution in [0.1, 0.15) is 108 Å². The van der Waals surface area contributed by atoms with E-state index in [1.54, 1.807) is 39.8 Å². The first kappa shape index (κ1) is 73.1. The number of rotatable bonds is 13. The van der Waals surface area contributed by atoms with Crippen LogP contribution in [0.25, 0.3) is 10.8 Å². The molecule has 17 N–H and O–H groups in total. The van der Waals surface area contributed by atoms with E-state index in [0.717, 1.165) is 22.5 Å². The summed E-state index contributed by atoms with van der Waals surface area (Å²) in [7, 11) is -4.57. The Morgan fingerprint density at radius 1 is 0.613 bits per heavy atom. The molecule has 4 aromatic carbocycles. The summed E-state index contributed by atoms with van der Waals surface area (Å²) < 4.78 is 11.9. The summed E-state index contributed by atoms with van der Waals surface area (Å²) in [6.07, 6.45) is -0.558. The van der Waals surface area contributed by atoms with Gasteiger partial charge in [-0.05, 0) is 83.2 Å². The fourth-order valence-corrected chi connectivity index (χ4v) is 12.3. The van der Waals surface area contributed by atoms with Crippen molar-refractivity contribution in [3.8, 4) is 5.75 Å².